The molecule has 2 aliphatic rings. The summed E-state index contributed by atoms with van der Waals surface area (Å²) in [6.45, 7) is 0.617. The molecule has 3 aromatic rings. The maximum absolute atomic E-state index is 13.7. The van der Waals surface area contributed by atoms with Crippen molar-refractivity contribution in [1.82, 2.24) is 19.8 Å². The van der Waals surface area contributed by atoms with Crippen LogP contribution in [0.2, 0.25) is 0 Å². The molecule has 2 heterocycles. The van der Waals surface area contributed by atoms with E-state index < -0.39 is 36.0 Å². The minimum atomic E-state index is -4.57. The molecule has 1 aromatic heterocycles. The molecular weight excluding hydrogens is 525 g/mol. The number of imidazole rings is 1. The monoisotopic (exact) mass is 558 g/mol. The average Bonchev–Trinajstić information content (AvgIpc) is 3.61. The third-order valence-electron chi connectivity index (χ3n) is 8.14. The van der Waals surface area contributed by atoms with Crippen LogP contribution in [0.3, 0.4) is 0 Å². The van der Waals surface area contributed by atoms with Gasteiger partial charge in [-0.1, -0.05) is 42.5 Å². The number of halogens is 3. The molecule has 214 valence electrons. The lowest BCUT2D eigenvalue weighted by Gasteiger charge is -2.31. The molecule has 2 amide bonds. The van der Waals surface area contributed by atoms with Crippen LogP contribution in [0.5, 0.6) is 0 Å². The Hall–Kier alpha value is -3.44. The number of carbonyl (C=O) groups excluding carboxylic acids is 2. The van der Waals surface area contributed by atoms with Crippen molar-refractivity contribution in [3.05, 3.63) is 66.0 Å². The number of hydrogen-bond donors (Lipinski definition) is 3. The van der Waals surface area contributed by atoms with Gasteiger partial charge in [-0.25, -0.2) is 4.98 Å². The van der Waals surface area contributed by atoms with E-state index in [1.807, 2.05) is 30.3 Å². The first-order valence-electron chi connectivity index (χ1n) is 13.7. The number of carbonyl (C=O) groups is 2. The molecule has 0 bridgehead atoms. The molecular formula is C29H33F3N4O4. The number of aliphatic hydroxyl groups is 2. The number of nitrogens with zero attached hydrogens (tertiary/aromatic N) is 3. The lowest BCUT2D eigenvalue weighted by molar-refractivity contribution is -0.153. The lowest BCUT2D eigenvalue weighted by atomic mass is 9.85. The molecule has 0 spiro atoms. The van der Waals surface area contributed by atoms with E-state index in [9.17, 15) is 33.0 Å². The summed E-state index contributed by atoms with van der Waals surface area (Å²) < 4.78 is 42.5. The summed E-state index contributed by atoms with van der Waals surface area (Å²) in [6, 6.07) is 15.4. The Morgan fingerprint density at radius 1 is 0.950 bits per heavy atom. The molecule has 0 radical (unpaired) electrons. The summed E-state index contributed by atoms with van der Waals surface area (Å²) in [7, 11) is 0. The minimum Gasteiger partial charge on any atom is -0.380 e. The fourth-order valence-corrected chi connectivity index (χ4v) is 6.07. The molecule has 1 aliphatic carbocycles. The van der Waals surface area contributed by atoms with Crippen molar-refractivity contribution in [3.8, 4) is 0 Å². The maximum atomic E-state index is 13.7. The van der Waals surface area contributed by atoms with Gasteiger partial charge < -0.3 is 25.0 Å². The SMILES string of the molecule is O=C(NC[C@H]1CC[C@H](n2c(C(F)(F)F)nc3ccccc32)CC1)[C@H](O)[C@@H](O)C(=O)N1CCC[C@@H]1c1ccccc1. The van der Waals surface area contributed by atoms with Gasteiger partial charge in [0.15, 0.2) is 12.2 Å². The molecule has 3 N–H and O–H groups in total. The molecule has 3 atom stereocenters. The Balaban J connectivity index is 1.15. The first-order chi connectivity index (χ1) is 19.1. The average molecular weight is 559 g/mol. The van der Waals surface area contributed by atoms with Crippen LogP contribution in [0.25, 0.3) is 11.0 Å². The van der Waals surface area contributed by atoms with Crippen molar-refractivity contribution in [2.75, 3.05) is 13.1 Å². The highest BCUT2D eigenvalue weighted by Crippen LogP contribution is 2.39. The number of likely N-dealkylation sites (tertiary alicyclic amines) is 1. The molecule has 2 aromatic carbocycles. The summed E-state index contributed by atoms with van der Waals surface area (Å²) >= 11 is 0. The van der Waals surface area contributed by atoms with Gasteiger partial charge in [0.2, 0.25) is 5.82 Å². The number of alkyl halides is 3. The van der Waals surface area contributed by atoms with E-state index in [-0.39, 0.29) is 24.5 Å². The number of benzene rings is 2. The second-order valence-corrected chi connectivity index (χ2v) is 10.7. The van der Waals surface area contributed by atoms with Gasteiger partial charge in [-0.15, -0.1) is 0 Å². The number of amides is 2. The van der Waals surface area contributed by atoms with Crippen LogP contribution < -0.4 is 5.32 Å². The zero-order valence-electron chi connectivity index (χ0n) is 21.9. The van der Waals surface area contributed by atoms with Crippen LogP contribution in [0.1, 0.15) is 62.0 Å². The molecule has 11 heteroatoms. The predicted molar refractivity (Wildman–Crippen MR) is 141 cm³/mol. The number of para-hydroxylation sites is 2. The zero-order valence-corrected chi connectivity index (χ0v) is 21.9. The summed E-state index contributed by atoms with van der Waals surface area (Å²) in [5, 5.41) is 23.6. The number of rotatable bonds is 7. The normalized spacial score (nSPS) is 23.2. The van der Waals surface area contributed by atoms with Crippen molar-refractivity contribution in [1.29, 1.82) is 0 Å². The summed E-state index contributed by atoms with van der Waals surface area (Å²) in [4.78, 5) is 30.9. The third-order valence-corrected chi connectivity index (χ3v) is 8.14. The highest BCUT2D eigenvalue weighted by molar-refractivity contribution is 5.91. The van der Waals surface area contributed by atoms with Crippen LogP contribution in [0.15, 0.2) is 54.6 Å². The molecule has 1 saturated carbocycles. The summed E-state index contributed by atoms with van der Waals surface area (Å²) in [6.07, 6.45) is -4.82. The van der Waals surface area contributed by atoms with E-state index in [4.69, 9.17) is 0 Å². The van der Waals surface area contributed by atoms with Crippen LogP contribution in [0.4, 0.5) is 13.2 Å². The van der Waals surface area contributed by atoms with Gasteiger partial charge in [-0.3, -0.25) is 9.59 Å². The van der Waals surface area contributed by atoms with E-state index in [1.54, 1.807) is 24.3 Å². The first kappa shape index (κ1) is 28.1. The number of aromatic nitrogens is 2. The Kier molecular flexibility index (Phi) is 8.14. The Bertz CT molecular complexity index is 1340. The smallest absolute Gasteiger partial charge is 0.380 e. The summed E-state index contributed by atoms with van der Waals surface area (Å²) in [5.41, 5.74) is 1.68. The fraction of sp³-hybridized carbons (Fsp3) is 0.483. The second kappa shape index (κ2) is 11.6. The maximum Gasteiger partial charge on any atom is 0.449 e. The van der Waals surface area contributed by atoms with Crippen LogP contribution in [-0.2, 0) is 15.8 Å². The van der Waals surface area contributed by atoms with Crippen molar-refractivity contribution in [2.24, 2.45) is 5.92 Å². The van der Waals surface area contributed by atoms with Crippen LogP contribution in [-0.4, -0.2) is 61.8 Å². The second-order valence-electron chi connectivity index (χ2n) is 10.7. The molecule has 40 heavy (non-hydrogen) atoms. The third kappa shape index (κ3) is 5.71. The minimum absolute atomic E-state index is 0.00888. The van der Waals surface area contributed by atoms with E-state index in [0.717, 1.165) is 18.4 Å². The van der Waals surface area contributed by atoms with Crippen molar-refractivity contribution < 1.29 is 33.0 Å². The Morgan fingerprint density at radius 2 is 1.62 bits per heavy atom. The fourth-order valence-electron chi connectivity index (χ4n) is 6.07. The van der Waals surface area contributed by atoms with E-state index in [1.165, 1.54) is 9.47 Å². The topological polar surface area (TPSA) is 108 Å². The standard InChI is InChI=1S/C29H33F3N4O4/c30-29(31,32)28-34-21-9-4-5-10-23(21)36(28)20-14-12-18(13-15-20)17-33-26(39)24(37)25(38)27(40)35-16-6-11-22(35)19-7-2-1-3-8-19/h1-5,7-10,18,20,22,24-25,37-38H,6,11-17H2,(H,33,39)/t18-,20-,22-,24-,25-/m1/s1. The van der Waals surface area contributed by atoms with E-state index >= 15 is 0 Å². The highest BCUT2D eigenvalue weighted by Gasteiger charge is 2.41. The van der Waals surface area contributed by atoms with Crippen LogP contribution >= 0.6 is 0 Å². The van der Waals surface area contributed by atoms with Crippen LogP contribution in [0, 0.1) is 5.92 Å². The molecule has 5 rings (SSSR count). The molecule has 1 saturated heterocycles. The van der Waals surface area contributed by atoms with Gasteiger partial charge in [0.05, 0.1) is 17.1 Å². The zero-order chi connectivity index (χ0) is 28.4. The molecule has 2 fully saturated rings. The van der Waals surface area contributed by atoms with E-state index in [2.05, 4.69) is 10.3 Å². The van der Waals surface area contributed by atoms with Crippen molar-refractivity contribution >= 4 is 22.8 Å². The summed E-state index contributed by atoms with van der Waals surface area (Å²) in [5.74, 6) is -2.45. The number of aliphatic hydroxyl groups excluding tert-OH is 2. The number of nitrogens with one attached hydrogen (secondary N) is 1. The van der Waals surface area contributed by atoms with E-state index in [0.29, 0.717) is 43.3 Å². The van der Waals surface area contributed by atoms with Gasteiger partial charge in [0.25, 0.3) is 11.8 Å². The predicted octanol–water partition coefficient (Wildman–Crippen LogP) is 3.99. The van der Waals surface area contributed by atoms with Gasteiger partial charge >= 0.3 is 6.18 Å². The highest BCUT2D eigenvalue weighted by atomic mass is 19.4. The molecule has 8 nitrogen and oxygen atoms in total. The molecule has 1 aliphatic heterocycles. The van der Waals surface area contributed by atoms with Gasteiger partial charge in [0, 0.05) is 19.1 Å². The largest absolute Gasteiger partial charge is 0.449 e. The quantitative estimate of drug-likeness (QED) is 0.407. The number of fused-ring (bicyclic) bond motifs is 1. The van der Waals surface area contributed by atoms with Crippen molar-refractivity contribution in [3.63, 3.8) is 0 Å². The molecule has 0 unspecified atom stereocenters. The number of hydrogen-bond acceptors (Lipinski definition) is 5. The van der Waals surface area contributed by atoms with Gasteiger partial charge in [0.1, 0.15) is 0 Å². The van der Waals surface area contributed by atoms with Crippen molar-refractivity contribution in [2.45, 2.75) is 69.0 Å². The van der Waals surface area contributed by atoms with Gasteiger partial charge in [-0.2, -0.15) is 13.2 Å². The Labute approximate surface area is 229 Å². The Morgan fingerprint density at radius 3 is 2.33 bits per heavy atom. The lowest BCUT2D eigenvalue weighted by Crippen LogP contribution is -2.51. The van der Waals surface area contributed by atoms with Gasteiger partial charge in [-0.05, 0) is 62.1 Å². The first-order valence-corrected chi connectivity index (χ1v) is 13.7.